The quantitative estimate of drug-likeness (QED) is 0.819. The maximum Gasteiger partial charge on any atom is 0.251 e. The van der Waals surface area contributed by atoms with Crippen LogP contribution < -0.4 is 10.2 Å². The van der Waals surface area contributed by atoms with Crippen LogP contribution in [-0.4, -0.2) is 18.4 Å². The molecule has 2 amide bonds. The summed E-state index contributed by atoms with van der Waals surface area (Å²) in [6, 6.07) is 12.9. The SMILES string of the molecule is CC(C)CC(=O)N1CCCc2cc(CNC(=O)c3ccc(Cl)cc3)ccc21. The summed E-state index contributed by atoms with van der Waals surface area (Å²) in [5.74, 6) is 0.415. The summed E-state index contributed by atoms with van der Waals surface area (Å²) < 4.78 is 0. The highest BCUT2D eigenvalue weighted by atomic mass is 35.5. The number of hydrogen-bond donors (Lipinski definition) is 1. The first-order valence-corrected chi connectivity index (χ1v) is 9.78. The fourth-order valence-corrected chi connectivity index (χ4v) is 3.49. The number of anilines is 1. The predicted octanol–water partition coefficient (Wildman–Crippen LogP) is 4.60. The van der Waals surface area contributed by atoms with Crippen LogP contribution in [0.2, 0.25) is 5.02 Å². The Kier molecular flexibility index (Phi) is 6.17. The molecule has 3 rings (SSSR count). The molecule has 5 heteroatoms. The molecule has 0 spiro atoms. The van der Waals surface area contributed by atoms with E-state index in [1.807, 2.05) is 17.0 Å². The number of carbonyl (C=O) groups excluding carboxylic acids is 2. The monoisotopic (exact) mass is 384 g/mol. The lowest BCUT2D eigenvalue weighted by Crippen LogP contribution is -2.36. The van der Waals surface area contributed by atoms with Crippen LogP contribution in [0.1, 0.15) is 48.2 Å². The number of nitrogens with zero attached hydrogens (tertiary/aromatic N) is 1. The largest absolute Gasteiger partial charge is 0.348 e. The van der Waals surface area contributed by atoms with Crippen LogP contribution in [0.15, 0.2) is 42.5 Å². The third-order valence-corrected chi connectivity index (χ3v) is 4.96. The summed E-state index contributed by atoms with van der Waals surface area (Å²) in [5.41, 5.74) is 3.81. The Balaban J connectivity index is 1.67. The minimum Gasteiger partial charge on any atom is -0.348 e. The van der Waals surface area contributed by atoms with Gasteiger partial charge >= 0.3 is 0 Å². The van der Waals surface area contributed by atoms with Gasteiger partial charge in [-0.1, -0.05) is 37.6 Å². The third kappa shape index (κ3) is 4.89. The second kappa shape index (κ2) is 8.57. The third-order valence-electron chi connectivity index (χ3n) is 4.71. The van der Waals surface area contributed by atoms with Crippen molar-refractivity contribution in [2.24, 2.45) is 5.92 Å². The Morgan fingerprint density at radius 3 is 2.59 bits per heavy atom. The van der Waals surface area contributed by atoms with E-state index in [1.165, 1.54) is 5.56 Å². The Morgan fingerprint density at radius 1 is 1.15 bits per heavy atom. The zero-order valence-electron chi connectivity index (χ0n) is 15.8. The van der Waals surface area contributed by atoms with Crippen molar-refractivity contribution in [3.63, 3.8) is 0 Å². The second-order valence-electron chi connectivity index (χ2n) is 7.40. The molecule has 0 aliphatic carbocycles. The highest BCUT2D eigenvalue weighted by Crippen LogP contribution is 2.29. The molecule has 0 aromatic heterocycles. The molecule has 1 aliphatic heterocycles. The first-order valence-electron chi connectivity index (χ1n) is 9.40. The molecule has 1 aliphatic rings. The van der Waals surface area contributed by atoms with Crippen LogP contribution >= 0.6 is 11.6 Å². The maximum atomic E-state index is 12.5. The maximum absolute atomic E-state index is 12.5. The van der Waals surface area contributed by atoms with Crippen molar-refractivity contribution in [1.82, 2.24) is 5.32 Å². The van der Waals surface area contributed by atoms with Crippen molar-refractivity contribution in [2.45, 2.75) is 39.7 Å². The van der Waals surface area contributed by atoms with E-state index in [1.54, 1.807) is 24.3 Å². The number of amides is 2. The molecule has 1 N–H and O–H groups in total. The van der Waals surface area contributed by atoms with E-state index in [-0.39, 0.29) is 11.8 Å². The second-order valence-corrected chi connectivity index (χ2v) is 7.84. The number of aryl methyl sites for hydroxylation is 1. The summed E-state index contributed by atoms with van der Waals surface area (Å²) in [7, 11) is 0. The van der Waals surface area contributed by atoms with Crippen LogP contribution in [0.3, 0.4) is 0 Å². The molecule has 142 valence electrons. The van der Waals surface area contributed by atoms with E-state index in [0.717, 1.165) is 30.6 Å². The van der Waals surface area contributed by atoms with E-state index in [2.05, 4.69) is 25.2 Å². The van der Waals surface area contributed by atoms with E-state index < -0.39 is 0 Å². The lowest BCUT2D eigenvalue weighted by atomic mass is 9.98. The van der Waals surface area contributed by atoms with Crippen molar-refractivity contribution in [2.75, 3.05) is 11.4 Å². The average molecular weight is 385 g/mol. The van der Waals surface area contributed by atoms with Gasteiger partial charge in [0.2, 0.25) is 5.91 Å². The average Bonchev–Trinajstić information content (AvgIpc) is 2.65. The first-order chi connectivity index (χ1) is 12.9. The molecule has 27 heavy (non-hydrogen) atoms. The molecule has 0 fully saturated rings. The summed E-state index contributed by atoms with van der Waals surface area (Å²) in [6.07, 6.45) is 2.50. The first kappa shape index (κ1) is 19.4. The van der Waals surface area contributed by atoms with E-state index in [9.17, 15) is 9.59 Å². The van der Waals surface area contributed by atoms with Crippen molar-refractivity contribution >= 4 is 29.1 Å². The molecule has 0 saturated heterocycles. The number of hydrogen-bond acceptors (Lipinski definition) is 2. The summed E-state index contributed by atoms with van der Waals surface area (Å²) in [4.78, 5) is 26.7. The molecular weight excluding hydrogens is 360 g/mol. The highest BCUT2D eigenvalue weighted by molar-refractivity contribution is 6.30. The van der Waals surface area contributed by atoms with Gasteiger partial charge in [0.1, 0.15) is 0 Å². The fraction of sp³-hybridized carbons (Fsp3) is 0.364. The number of halogens is 1. The van der Waals surface area contributed by atoms with Crippen LogP contribution in [0.5, 0.6) is 0 Å². The predicted molar refractivity (Wildman–Crippen MR) is 109 cm³/mol. The van der Waals surface area contributed by atoms with Crippen LogP contribution in [-0.2, 0) is 17.8 Å². The summed E-state index contributed by atoms with van der Waals surface area (Å²) in [6.45, 7) is 5.37. The summed E-state index contributed by atoms with van der Waals surface area (Å²) in [5, 5.41) is 3.55. The molecule has 0 saturated carbocycles. The van der Waals surface area contributed by atoms with Crippen LogP contribution in [0.4, 0.5) is 5.69 Å². The van der Waals surface area contributed by atoms with E-state index in [4.69, 9.17) is 11.6 Å². The normalized spacial score (nSPS) is 13.4. The Bertz CT molecular complexity index is 831. The molecule has 2 aromatic rings. The van der Waals surface area contributed by atoms with Gasteiger partial charge in [0.15, 0.2) is 0 Å². The van der Waals surface area contributed by atoms with Crippen LogP contribution in [0, 0.1) is 5.92 Å². The molecule has 2 aromatic carbocycles. The number of nitrogens with one attached hydrogen (secondary N) is 1. The molecule has 0 unspecified atom stereocenters. The standard InChI is InChI=1S/C22H25ClN2O2/c1-15(2)12-21(26)25-11-3-4-18-13-16(5-10-20(18)25)14-24-22(27)17-6-8-19(23)9-7-17/h5-10,13,15H,3-4,11-12,14H2,1-2H3,(H,24,27). The minimum absolute atomic E-state index is 0.127. The Morgan fingerprint density at radius 2 is 1.89 bits per heavy atom. The van der Waals surface area contributed by atoms with Crippen molar-refractivity contribution in [3.8, 4) is 0 Å². The number of carbonyl (C=O) groups is 2. The van der Waals surface area contributed by atoms with Crippen LogP contribution in [0.25, 0.3) is 0 Å². The van der Waals surface area contributed by atoms with E-state index in [0.29, 0.717) is 29.5 Å². The zero-order chi connectivity index (χ0) is 19.4. The van der Waals surface area contributed by atoms with Gasteiger partial charge in [0.05, 0.1) is 0 Å². The number of rotatable bonds is 5. The van der Waals surface area contributed by atoms with Gasteiger partial charge in [-0.3, -0.25) is 9.59 Å². The highest BCUT2D eigenvalue weighted by Gasteiger charge is 2.23. The van der Waals surface area contributed by atoms with Crippen molar-refractivity contribution in [1.29, 1.82) is 0 Å². The summed E-state index contributed by atoms with van der Waals surface area (Å²) >= 11 is 5.86. The topological polar surface area (TPSA) is 49.4 Å². The van der Waals surface area contributed by atoms with Gasteiger partial charge in [-0.2, -0.15) is 0 Å². The van der Waals surface area contributed by atoms with Crippen molar-refractivity contribution < 1.29 is 9.59 Å². The zero-order valence-corrected chi connectivity index (χ0v) is 16.6. The van der Waals surface area contributed by atoms with Gasteiger partial charge < -0.3 is 10.2 Å². The molecular formula is C22H25ClN2O2. The molecule has 1 heterocycles. The Hall–Kier alpha value is -2.33. The Labute approximate surface area is 165 Å². The number of fused-ring (bicyclic) bond motifs is 1. The molecule has 0 radical (unpaired) electrons. The van der Waals surface area contributed by atoms with Gasteiger partial charge in [-0.05, 0) is 60.2 Å². The lowest BCUT2D eigenvalue weighted by molar-refractivity contribution is -0.119. The minimum atomic E-state index is -0.127. The van der Waals surface area contributed by atoms with Crippen molar-refractivity contribution in [3.05, 3.63) is 64.2 Å². The van der Waals surface area contributed by atoms with E-state index >= 15 is 0 Å². The number of benzene rings is 2. The smallest absolute Gasteiger partial charge is 0.251 e. The molecule has 4 nitrogen and oxygen atoms in total. The van der Waals surface area contributed by atoms with Gasteiger partial charge in [0.25, 0.3) is 5.91 Å². The molecule has 0 bridgehead atoms. The van der Waals surface area contributed by atoms with Gasteiger partial charge in [0, 0.05) is 35.8 Å². The molecule has 0 atom stereocenters. The van der Waals surface area contributed by atoms with Gasteiger partial charge in [-0.15, -0.1) is 0 Å². The fourth-order valence-electron chi connectivity index (χ4n) is 3.36. The van der Waals surface area contributed by atoms with Gasteiger partial charge in [-0.25, -0.2) is 0 Å². The lowest BCUT2D eigenvalue weighted by Gasteiger charge is -2.30.